The van der Waals surface area contributed by atoms with E-state index in [9.17, 15) is 14.9 Å². The van der Waals surface area contributed by atoms with Gasteiger partial charge in [-0.25, -0.2) is 4.68 Å². The molecule has 0 aliphatic heterocycles. The molecule has 8 nitrogen and oxygen atoms in total. The van der Waals surface area contributed by atoms with Crippen molar-refractivity contribution in [1.82, 2.24) is 20.1 Å². The topological polar surface area (TPSA) is 103 Å². The van der Waals surface area contributed by atoms with Crippen molar-refractivity contribution in [1.29, 1.82) is 0 Å². The summed E-state index contributed by atoms with van der Waals surface area (Å²) < 4.78 is 1.43. The van der Waals surface area contributed by atoms with Gasteiger partial charge in [-0.15, -0.1) is 11.3 Å². The number of benzene rings is 1. The van der Waals surface area contributed by atoms with Gasteiger partial charge < -0.3 is 5.32 Å². The summed E-state index contributed by atoms with van der Waals surface area (Å²) in [6, 6.07) is 15.2. The quantitative estimate of drug-likeness (QED) is 0.388. The smallest absolute Gasteiger partial charge is 0.271 e. The van der Waals surface area contributed by atoms with Crippen LogP contribution in [0.3, 0.4) is 0 Å². The predicted octanol–water partition coefficient (Wildman–Crippen LogP) is 3.83. The second kappa shape index (κ2) is 8.03. The zero-order valence-corrected chi connectivity index (χ0v) is 15.9. The SMILES string of the molecule is O=C(NCc1cccnc1)c1cc(-c2cccs2)nn1-c1cccc([N+](=O)[O-])c1. The minimum atomic E-state index is -0.477. The number of hydrogen-bond acceptors (Lipinski definition) is 6. The second-order valence-electron chi connectivity index (χ2n) is 6.12. The fourth-order valence-electron chi connectivity index (χ4n) is 2.80. The van der Waals surface area contributed by atoms with Gasteiger partial charge in [-0.3, -0.25) is 19.9 Å². The van der Waals surface area contributed by atoms with E-state index in [1.165, 1.54) is 28.2 Å². The van der Waals surface area contributed by atoms with Gasteiger partial charge in [-0.05, 0) is 35.2 Å². The summed E-state index contributed by atoms with van der Waals surface area (Å²) >= 11 is 1.50. The van der Waals surface area contributed by atoms with Crippen LogP contribution in [0.25, 0.3) is 16.3 Å². The molecule has 1 aromatic carbocycles. The fraction of sp³-hybridized carbons (Fsp3) is 0.0500. The average Bonchev–Trinajstić information content (AvgIpc) is 3.43. The summed E-state index contributed by atoms with van der Waals surface area (Å²) in [5.74, 6) is -0.337. The molecule has 29 heavy (non-hydrogen) atoms. The molecule has 3 aromatic heterocycles. The first-order valence-electron chi connectivity index (χ1n) is 8.68. The van der Waals surface area contributed by atoms with E-state index >= 15 is 0 Å². The van der Waals surface area contributed by atoms with Gasteiger partial charge >= 0.3 is 0 Å². The first-order valence-corrected chi connectivity index (χ1v) is 9.55. The fourth-order valence-corrected chi connectivity index (χ4v) is 3.48. The predicted molar refractivity (Wildman–Crippen MR) is 109 cm³/mol. The van der Waals surface area contributed by atoms with Crippen molar-refractivity contribution in [2.75, 3.05) is 0 Å². The first-order chi connectivity index (χ1) is 14.1. The molecule has 0 fully saturated rings. The van der Waals surface area contributed by atoms with Crippen molar-refractivity contribution in [3.8, 4) is 16.3 Å². The molecular formula is C20H15N5O3S. The Kier molecular flexibility index (Phi) is 5.12. The highest BCUT2D eigenvalue weighted by molar-refractivity contribution is 7.13. The number of non-ortho nitro benzene ring substituents is 1. The van der Waals surface area contributed by atoms with Crippen molar-refractivity contribution in [2.45, 2.75) is 6.54 Å². The van der Waals surface area contributed by atoms with Crippen LogP contribution in [-0.4, -0.2) is 25.6 Å². The lowest BCUT2D eigenvalue weighted by molar-refractivity contribution is -0.384. The number of aromatic nitrogens is 3. The number of carbonyl (C=O) groups is 1. The summed E-state index contributed by atoms with van der Waals surface area (Å²) in [6.07, 6.45) is 3.34. The molecule has 0 unspecified atom stereocenters. The number of thiophene rings is 1. The lowest BCUT2D eigenvalue weighted by Crippen LogP contribution is -2.25. The number of nitrogens with zero attached hydrogens (tertiary/aromatic N) is 4. The number of nitrogens with one attached hydrogen (secondary N) is 1. The number of rotatable bonds is 6. The lowest BCUT2D eigenvalue weighted by Gasteiger charge is -2.08. The Morgan fingerprint density at radius 3 is 2.79 bits per heavy atom. The highest BCUT2D eigenvalue weighted by Gasteiger charge is 2.19. The number of hydrogen-bond donors (Lipinski definition) is 1. The van der Waals surface area contributed by atoms with Crippen molar-refractivity contribution >= 4 is 22.9 Å². The molecule has 1 N–H and O–H groups in total. The van der Waals surface area contributed by atoms with Crippen LogP contribution < -0.4 is 5.32 Å². The Hall–Kier alpha value is -3.85. The van der Waals surface area contributed by atoms with Gasteiger partial charge in [0.15, 0.2) is 0 Å². The summed E-state index contributed by atoms with van der Waals surface area (Å²) in [6.45, 7) is 0.307. The van der Waals surface area contributed by atoms with Gasteiger partial charge in [-0.2, -0.15) is 5.10 Å². The number of carbonyl (C=O) groups excluding carboxylic acids is 1. The standard InChI is InChI=1S/C20H15N5O3S/c26-20(22-13-14-4-2-8-21-12-14)18-11-17(19-7-3-9-29-19)23-24(18)15-5-1-6-16(10-15)25(27)28/h1-12H,13H2,(H,22,26). The summed E-state index contributed by atoms with van der Waals surface area (Å²) in [5, 5.41) is 20.4. The monoisotopic (exact) mass is 405 g/mol. The molecule has 0 aliphatic carbocycles. The molecule has 0 saturated carbocycles. The number of nitro benzene ring substituents is 1. The lowest BCUT2D eigenvalue weighted by atomic mass is 10.2. The largest absolute Gasteiger partial charge is 0.347 e. The summed E-state index contributed by atoms with van der Waals surface area (Å²) in [4.78, 5) is 28.5. The Morgan fingerprint density at radius 2 is 2.07 bits per heavy atom. The number of nitro groups is 1. The van der Waals surface area contributed by atoms with E-state index in [2.05, 4.69) is 15.4 Å². The molecule has 0 radical (unpaired) electrons. The maximum absolute atomic E-state index is 12.9. The van der Waals surface area contributed by atoms with E-state index in [1.54, 1.807) is 36.7 Å². The minimum absolute atomic E-state index is 0.0719. The molecule has 9 heteroatoms. The third-order valence-electron chi connectivity index (χ3n) is 4.18. The maximum atomic E-state index is 12.9. The van der Waals surface area contributed by atoms with Gasteiger partial charge in [0, 0.05) is 31.1 Å². The van der Waals surface area contributed by atoms with Crippen LogP contribution in [0.2, 0.25) is 0 Å². The summed E-state index contributed by atoms with van der Waals surface area (Å²) in [7, 11) is 0. The molecule has 144 valence electrons. The minimum Gasteiger partial charge on any atom is -0.347 e. The van der Waals surface area contributed by atoms with Gasteiger partial charge in [0.1, 0.15) is 11.4 Å². The van der Waals surface area contributed by atoms with E-state index < -0.39 is 4.92 Å². The molecule has 0 saturated heterocycles. The van der Waals surface area contributed by atoms with Crippen LogP contribution in [0.1, 0.15) is 16.1 Å². The highest BCUT2D eigenvalue weighted by Crippen LogP contribution is 2.26. The Bertz CT molecular complexity index is 1160. The van der Waals surface area contributed by atoms with Gasteiger partial charge in [0.2, 0.25) is 0 Å². The van der Waals surface area contributed by atoms with Gasteiger partial charge in [-0.1, -0.05) is 18.2 Å². The third kappa shape index (κ3) is 4.04. The second-order valence-corrected chi connectivity index (χ2v) is 7.07. The Balaban J connectivity index is 1.70. The zero-order valence-electron chi connectivity index (χ0n) is 15.1. The molecule has 4 rings (SSSR count). The van der Waals surface area contributed by atoms with Crippen LogP contribution in [0.5, 0.6) is 0 Å². The Morgan fingerprint density at radius 1 is 1.17 bits per heavy atom. The van der Waals surface area contributed by atoms with E-state index in [4.69, 9.17) is 0 Å². The van der Waals surface area contributed by atoms with E-state index in [1.807, 2.05) is 23.6 Å². The van der Waals surface area contributed by atoms with Crippen LogP contribution in [0.4, 0.5) is 5.69 Å². The normalized spacial score (nSPS) is 10.6. The summed E-state index contributed by atoms with van der Waals surface area (Å²) in [5.41, 5.74) is 2.14. The van der Waals surface area contributed by atoms with E-state index in [0.717, 1.165) is 10.4 Å². The van der Waals surface area contributed by atoms with Gasteiger partial charge in [0.25, 0.3) is 11.6 Å². The van der Waals surface area contributed by atoms with Crippen LogP contribution in [0.15, 0.2) is 72.4 Å². The van der Waals surface area contributed by atoms with Crippen molar-refractivity contribution in [3.63, 3.8) is 0 Å². The van der Waals surface area contributed by atoms with Crippen molar-refractivity contribution < 1.29 is 9.72 Å². The zero-order chi connectivity index (χ0) is 20.2. The van der Waals surface area contributed by atoms with Crippen molar-refractivity contribution in [3.05, 3.63) is 93.7 Å². The maximum Gasteiger partial charge on any atom is 0.271 e. The molecule has 0 atom stereocenters. The number of pyridine rings is 1. The van der Waals surface area contributed by atoms with E-state index in [0.29, 0.717) is 17.9 Å². The molecule has 3 heterocycles. The highest BCUT2D eigenvalue weighted by atomic mass is 32.1. The van der Waals surface area contributed by atoms with Gasteiger partial charge in [0.05, 0.1) is 15.5 Å². The third-order valence-corrected chi connectivity index (χ3v) is 5.07. The van der Waals surface area contributed by atoms with Crippen molar-refractivity contribution in [2.24, 2.45) is 0 Å². The molecule has 1 amide bonds. The number of amides is 1. The Labute approximate surface area is 169 Å². The first kappa shape index (κ1) is 18.5. The molecule has 0 spiro atoms. The average molecular weight is 405 g/mol. The van der Waals surface area contributed by atoms with Crippen LogP contribution in [0, 0.1) is 10.1 Å². The molecule has 0 aliphatic rings. The van der Waals surface area contributed by atoms with E-state index in [-0.39, 0.29) is 17.3 Å². The molecular weight excluding hydrogens is 390 g/mol. The molecule has 0 bridgehead atoms. The van der Waals surface area contributed by atoms with Crippen LogP contribution in [-0.2, 0) is 6.54 Å². The molecule has 4 aromatic rings. The van der Waals surface area contributed by atoms with Crippen LogP contribution >= 0.6 is 11.3 Å².